The quantitative estimate of drug-likeness (QED) is 0.625. The van der Waals surface area contributed by atoms with E-state index in [1.54, 1.807) is 6.07 Å². The molecule has 2 aromatic rings. The lowest BCUT2D eigenvalue weighted by Crippen LogP contribution is -2.33. The molecule has 0 saturated heterocycles. The third-order valence-corrected chi connectivity index (χ3v) is 4.79. The number of ether oxygens (including phenoxy) is 1. The Morgan fingerprint density at radius 1 is 1.22 bits per heavy atom. The molecule has 0 unspecified atom stereocenters. The van der Waals surface area contributed by atoms with Crippen LogP contribution in [0.25, 0.3) is 0 Å². The molecule has 4 N–H and O–H groups in total. The number of aliphatic hydroxyl groups excluding tert-OH is 1. The molecule has 0 bridgehead atoms. The van der Waals surface area contributed by atoms with E-state index in [2.05, 4.69) is 15.6 Å². The van der Waals surface area contributed by atoms with Gasteiger partial charge in [0.15, 0.2) is 5.75 Å². The van der Waals surface area contributed by atoms with Crippen molar-refractivity contribution >= 4 is 11.8 Å². The van der Waals surface area contributed by atoms with Crippen LogP contribution in [0.5, 0.6) is 5.75 Å². The summed E-state index contributed by atoms with van der Waals surface area (Å²) in [6.45, 7) is 1.88. The number of hydrogen-bond donors (Lipinski definition) is 4. The van der Waals surface area contributed by atoms with Gasteiger partial charge in [-0.2, -0.15) is 0 Å². The van der Waals surface area contributed by atoms with Crippen LogP contribution in [0.15, 0.2) is 36.4 Å². The van der Waals surface area contributed by atoms with Crippen molar-refractivity contribution in [1.82, 2.24) is 15.6 Å². The van der Waals surface area contributed by atoms with Crippen molar-refractivity contribution in [3.05, 3.63) is 53.3 Å². The summed E-state index contributed by atoms with van der Waals surface area (Å²) in [5.74, 6) is -0.357. The third-order valence-electron chi connectivity index (χ3n) is 4.79. The van der Waals surface area contributed by atoms with Crippen molar-refractivity contribution in [2.45, 2.75) is 44.4 Å². The largest absolute Gasteiger partial charge is 0.484 e. The fourth-order valence-corrected chi connectivity index (χ4v) is 3.28. The van der Waals surface area contributed by atoms with Gasteiger partial charge in [0, 0.05) is 19.2 Å². The Morgan fingerprint density at radius 3 is 2.59 bits per heavy atom. The lowest BCUT2D eigenvalue weighted by molar-refractivity contribution is 0.0929. The maximum absolute atomic E-state index is 12.5. The van der Waals surface area contributed by atoms with Crippen LogP contribution in [0.2, 0.25) is 0 Å². The molecule has 7 heteroatoms. The van der Waals surface area contributed by atoms with Gasteiger partial charge in [-0.3, -0.25) is 9.59 Å². The summed E-state index contributed by atoms with van der Waals surface area (Å²) >= 11 is 0. The Morgan fingerprint density at radius 2 is 1.96 bits per heavy atom. The summed E-state index contributed by atoms with van der Waals surface area (Å²) in [6.07, 6.45) is 1.31. The summed E-state index contributed by atoms with van der Waals surface area (Å²) in [6, 6.07) is 11.1. The zero-order chi connectivity index (χ0) is 19.4. The number of aromatic amines is 1. The minimum atomic E-state index is -0.369. The first kappa shape index (κ1) is 19.0. The first-order chi connectivity index (χ1) is 13.0. The number of H-pyrrole nitrogens is 1. The maximum atomic E-state index is 12.5. The van der Waals surface area contributed by atoms with Crippen molar-refractivity contribution in [2.24, 2.45) is 0 Å². The van der Waals surface area contributed by atoms with Gasteiger partial charge in [0.1, 0.15) is 17.5 Å². The normalized spacial score (nSPS) is 20.1. The summed E-state index contributed by atoms with van der Waals surface area (Å²) in [7, 11) is 1.52. The second-order valence-corrected chi connectivity index (χ2v) is 6.81. The molecule has 1 aromatic carbocycles. The highest BCUT2D eigenvalue weighted by Gasteiger charge is 2.26. The van der Waals surface area contributed by atoms with E-state index in [0.717, 1.165) is 12.0 Å². The Bertz CT molecular complexity index is 803. The van der Waals surface area contributed by atoms with Crippen molar-refractivity contribution in [1.29, 1.82) is 0 Å². The number of carbonyl (C=O) groups is 2. The van der Waals surface area contributed by atoms with Crippen LogP contribution in [-0.2, 0) is 0 Å². The zero-order valence-electron chi connectivity index (χ0n) is 15.5. The second kappa shape index (κ2) is 8.26. The Kier molecular flexibility index (Phi) is 5.81. The third kappa shape index (κ3) is 4.49. The van der Waals surface area contributed by atoms with E-state index in [1.807, 2.05) is 37.3 Å². The summed E-state index contributed by atoms with van der Waals surface area (Å²) in [5, 5.41) is 15.1. The van der Waals surface area contributed by atoms with Gasteiger partial charge >= 0.3 is 0 Å². The number of carbonyl (C=O) groups excluding carboxylic acids is 2. The minimum Gasteiger partial charge on any atom is -0.484 e. The highest BCUT2D eigenvalue weighted by Crippen LogP contribution is 2.27. The lowest BCUT2D eigenvalue weighted by Gasteiger charge is -2.15. The molecule has 3 rings (SSSR count). The number of benzene rings is 1. The monoisotopic (exact) mass is 371 g/mol. The predicted molar refractivity (Wildman–Crippen MR) is 101 cm³/mol. The molecule has 1 saturated carbocycles. The van der Waals surface area contributed by atoms with Gasteiger partial charge in [0.25, 0.3) is 11.8 Å². The van der Waals surface area contributed by atoms with E-state index in [0.29, 0.717) is 18.6 Å². The van der Waals surface area contributed by atoms with Gasteiger partial charge < -0.3 is 25.5 Å². The van der Waals surface area contributed by atoms with E-state index < -0.39 is 0 Å². The van der Waals surface area contributed by atoms with E-state index in [-0.39, 0.29) is 41.5 Å². The van der Waals surface area contributed by atoms with Gasteiger partial charge in [-0.15, -0.1) is 0 Å². The molecule has 7 nitrogen and oxygen atoms in total. The number of hydrogen-bond acceptors (Lipinski definition) is 4. The molecular weight excluding hydrogens is 346 g/mol. The van der Waals surface area contributed by atoms with Crippen molar-refractivity contribution in [3.63, 3.8) is 0 Å². The molecule has 1 aromatic heterocycles. The SMILES string of the molecule is CNC(=O)c1[nH]c(C(=O)N[C@H]2CC[C@H](O)C2)cc1O[C@@H](C)c1ccccc1. The van der Waals surface area contributed by atoms with E-state index >= 15 is 0 Å². The Hall–Kier alpha value is -2.80. The van der Waals surface area contributed by atoms with Crippen molar-refractivity contribution in [3.8, 4) is 5.75 Å². The van der Waals surface area contributed by atoms with E-state index in [9.17, 15) is 14.7 Å². The fraction of sp³-hybridized carbons (Fsp3) is 0.400. The zero-order valence-corrected chi connectivity index (χ0v) is 15.5. The predicted octanol–water partition coefficient (Wildman–Crippen LogP) is 2.16. The average molecular weight is 371 g/mol. The van der Waals surface area contributed by atoms with Gasteiger partial charge in [-0.1, -0.05) is 30.3 Å². The summed E-state index contributed by atoms with van der Waals surface area (Å²) in [5.41, 5.74) is 1.43. The smallest absolute Gasteiger partial charge is 0.271 e. The minimum absolute atomic E-state index is 0.0631. The van der Waals surface area contributed by atoms with Crippen molar-refractivity contribution in [2.75, 3.05) is 7.05 Å². The molecule has 1 fully saturated rings. The standard InChI is InChI=1S/C20H25N3O4/c1-12(13-6-4-3-5-7-13)27-17-11-16(23-18(17)20(26)21-2)19(25)22-14-8-9-15(24)10-14/h3-7,11-12,14-15,23-24H,8-10H2,1-2H3,(H,21,26)(H,22,25)/t12-,14-,15-/m0/s1. The molecular formula is C20H25N3O4. The second-order valence-electron chi connectivity index (χ2n) is 6.81. The van der Waals surface area contributed by atoms with E-state index in [1.165, 1.54) is 7.05 Å². The number of rotatable bonds is 6. The van der Waals surface area contributed by atoms with Crippen LogP contribution in [0.1, 0.15) is 58.8 Å². The van der Waals surface area contributed by atoms with Crippen LogP contribution in [0, 0.1) is 0 Å². The average Bonchev–Trinajstić information content (AvgIpc) is 3.28. The van der Waals surface area contributed by atoms with Gasteiger partial charge in [0.05, 0.1) is 6.10 Å². The topological polar surface area (TPSA) is 103 Å². The first-order valence-corrected chi connectivity index (χ1v) is 9.13. The Labute approximate surface area is 158 Å². The molecule has 1 heterocycles. The molecule has 144 valence electrons. The molecule has 2 amide bonds. The van der Waals surface area contributed by atoms with Crippen LogP contribution in [-0.4, -0.2) is 41.1 Å². The van der Waals surface area contributed by atoms with Gasteiger partial charge in [0.2, 0.25) is 0 Å². The lowest BCUT2D eigenvalue weighted by atomic mass is 10.1. The van der Waals surface area contributed by atoms with Crippen LogP contribution in [0.3, 0.4) is 0 Å². The fourth-order valence-electron chi connectivity index (χ4n) is 3.28. The first-order valence-electron chi connectivity index (χ1n) is 9.13. The molecule has 0 aliphatic heterocycles. The summed E-state index contributed by atoms with van der Waals surface area (Å²) in [4.78, 5) is 27.6. The van der Waals surface area contributed by atoms with Crippen molar-refractivity contribution < 1.29 is 19.4 Å². The molecule has 1 aliphatic rings. The maximum Gasteiger partial charge on any atom is 0.271 e. The molecule has 27 heavy (non-hydrogen) atoms. The number of aromatic nitrogens is 1. The molecule has 3 atom stereocenters. The number of nitrogens with one attached hydrogen (secondary N) is 3. The highest BCUT2D eigenvalue weighted by atomic mass is 16.5. The van der Waals surface area contributed by atoms with E-state index in [4.69, 9.17) is 4.74 Å². The summed E-state index contributed by atoms with van der Waals surface area (Å²) < 4.78 is 5.96. The number of aliphatic hydroxyl groups is 1. The Balaban J connectivity index is 1.78. The van der Waals surface area contributed by atoms with Crippen LogP contribution < -0.4 is 15.4 Å². The van der Waals surface area contributed by atoms with Gasteiger partial charge in [-0.05, 0) is 31.7 Å². The highest BCUT2D eigenvalue weighted by molar-refractivity contribution is 5.99. The van der Waals surface area contributed by atoms with Gasteiger partial charge in [-0.25, -0.2) is 0 Å². The van der Waals surface area contributed by atoms with Crippen LogP contribution >= 0.6 is 0 Å². The molecule has 0 spiro atoms. The molecule has 0 radical (unpaired) electrons. The van der Waals surface area contributed by atoms with Crippen LogP contribution in [0.4, 0.5) is 0 Å². The number of amides is 2. The molecule has 1 aliphatic carbocycles.